The zero-order valence-electron chi connectivity index (χ0n) is 16.8. The van der Waals surface area contributed by atoms with Gasteiger partial charge in [0.2, 0.25) is 5.91 Å². The smallest absolute Gasteiger partial charge is 0.225 e. The molecule has 0 atom stereocenters. The third-order valence-electron chi connectivity index (χ3n) is 5.46. The quantitative estimate of drug-likeness (QED) is 0.704. The number of pyridine rings is 1. The van der Waals surface area contributed by atoms with E-state index in [1.807, 2.05) is 19.3 Å². The second-order valence-corrected chi connectivity index (χ2v) is 7.63. The molecule has 0 saturated carbocycles. The van der Waals surface area contributed by atoms with Crippen molar-refractivity contribution in [3.05, 3.63) is 77.2 Å². The highest BCUT2D eigenvalue weighted by atomic mass is 16.1. The van der Waals surface area contributed by atoms with E-state index in [2.05, 4.69) is 50.6 Å². The average Bonchev–Trinajstić information content (AvgIpc) is 3.04. The Bertz CT molecular complexity index is 954. The first-order valence-corrected chi connectivity index (χ1v) is 10.2. The van der Waals surface area contributed by atoms with Crippen LogP contribution in [0.25, 0.3) is 0 Å². The molecule has 0 fully saturated rings. The average molecular weight is 390 g/mol. The molecule has 0 bridgehead atoms. The van der Waals surface area contributed by atoms with Crippen molar-refractivity contribution in [1.29, 1.82) is 0 Å². The van der Waals surface area contributed by atoms with Crippen molar-refractivity contribution in [2.75, 3.05) is 18.4 Å². The molecule has 6 heteroatoms. The van der Waals surface area contributed by atoms with E-state index in [0.717, 1.165) is 43.6 Å². The molecule has 0 saturated heterocycles. The number of nitrogens with one attached hydrogen (secondary N) is 1. The van der Waals surface area contributed by atoms with Gasteiger partial charge in [0.15, 0.2) is 0 Å². The molecule has 6 nitrogen and oxygen atoms in total. The molecule has 1 N–H and O–H groups in total. The van der Waals surface area contributed by atoms with Crippen molar-refractivity contribution in [2.24, 2.45) is 7.05 Å². The predicted molar refractivity (Wildman–Crippen MR) is 114 cm³/mol. The highest BCUT2D eigenvalue weighted by Gasteiger charge is 2.16. The number of nitrogens with zero attached hydrogens (tertiary/aromatic N) is 4. The Morgan fingerprint density at radius 2 is 1.86 bits per heavy atom. The second kappa shape index (κ2) is 9.01. The summed E-state index contributed by atoms with van der Waals surface area (Å²) in [6.45, 7) is 2.82. The fourth-order valence-corrected chi connectivity index (χ4v) is 3.85. The van der Waals surface area contributed by atoms with Crippen molar-refractivity contribution < 1.29 is 4.79 Å². The topological polar surface area (TPSA) is 63.1 Å². The maximum Gasteiger partial charge on any atom is 0.225 e. The Morgan fingerprint density at radius 1 is 1.10 bits per heavy atom. The lowest BCUT2D eigenvalue weighted by atomic mass is 10.0. The Kier molecular flexibility index (Phi) is 6.00. The van der Waals surface area contributed by atoms with Gasteiger partial charge in [-0.2, -0.15) is 5.10 Å². The van der Waals surface area contributed by atoms with Gasteiger partial charge >= 0.3 is 0 Å². The molecule has 0 aliphatic carbocycles. The Morgan fingerprint density at radius 3 is 2.55 bits per heavy atom. The van der Waals surface area contributed by atoms with Crippen molar-refractivity contribution >= 4 is 11.7 Å². The van der Waals surface area contributed by atoms with Crippen LogP contribution >= 0.6 is 0 Å². The van der Waals surface area contributed by atoms with Crippen LogP contribution in [-0.4, -0.2) is 38.7 Å². The molecule has 4 rings (SSSR count). The molecule has 0 spiro atoms. The minimum atomic E-state index is -0.0166. The first-order chi connectivity index (χ1) is 14.2. The van der Waals surface area contributed by atoms with Crippen LogP contribution in [0.5, 0.6) is 0 Å². The van der Waals surface area contributed by atoms with Crippen LogP contribution in [-0.2, 0) is 37.6 Å². The minimum absolute atomic E-state index is 0.0166. The highest BCUT2D eigenvalue weighted by molar-refractivity contribution is 5.90. The number of fused-ring (bicyclic) bond motifs is 1. The van der Waals surface area contributed by atoms with Gasteiger partial charge in [0, 0.05) is 51.1 Å². The number of benzene rings is 1. The summed E-state index contributed by atoms with van der Waals surface area (Å²) in [4.78, 5) is 19.3. The number of carbonyl (C=O) groups is 1. The molecular weight excluding hydrogens is 362 g/mol. The van der Waals surface area contributed by atoms with Crippen LogP contribution in [0.1, 0.15) is 28.7 Å². The van der Waals surface area contributed by atoms with Crippen molar-refractivity contribution in [3.8, 4) is 0 Å². The van der Waals surface area contributed by atoms with E-state index in [-0.39, 0.29) is 5.91 Å². The zero-order valence-corrected chi connectivity index (χ0v) is 16.8. The number of anilines is 1. The number of rotatable bonds is 6. The molecule has 0 unspecified atom stereocenters. The maximum atomic E-state index is 12.4. The molecule has 1 aliphatic rings. The minimum Gasteiger partial charge on any atom is -0.310 e. The van der Waals surface area contributed by atoms with Crippen LogP contribution in [0.15, 0.2) is 55.0 Å². The Hall–Kier alpha value is -2.99. The van der Waals surface area contributed by atoms with Crippen molar-refractivity contribution in [3.63, 3.8) is 0 Å². The fourth-order valence-electron chi connectivity index (χ4n) is 3.85. The Labute approximate surface area is 171 Å². The normalized spacial score (nSPS) is 14.2. The van der Waals surface area contributed by atoms with Gasteiger partial charge in [-0.15, -0.1) is 0 Å². The third kappa shape index (κ3) is 5.09. The zero-order chi connectivity index (χ0) is 20.1. The number of aromatic nitrogens is 3. The van der Waals surface area contributed by atoms with E-state index in [0.29, 0.717) is 18.7 Å². The lowest BCUT2D eigenvalue weighted by Crippen LogP contribution is -2.27. The summed E-state index contributed by atoms with van der Waals surface area (Å²) in [6, 6.07) is 12.7. The van der Waals surface area contributed by atoms with Gasteiger partial charge in [0.05, 0.1) is 6.20 Å². The van der Waals surface area contributed by atoms with E-state index < -0.39 is 0 Å². The second-order valence-electron chi connectivity index (χ2n) is 7.63. The molecule has 2 aromatic heterocycles. The van der Waals surface area contributed by atoms with Crippen LogP contribution in [0.4, 0.5) is 5.82 Å². The van der Waals surface area contributed by atoms with E-state index in [1.165, 1.54) is 11.1 Å². The lowest BCUT2D eigenvalue weighted by Gasteiger charge is -2.21. The molecule has 1 amide bonds. The summed E-state index contributed by atoms with van der Waals surface area (Å²) in [7, 11) is 1.88. The molecule has 3 heterocycles. The number of hydrogen-bond donors (Lipinski definition) is 1. The standard InChI is InChI=1S/C23H27N5O/c1-27-16-18(15-25-27)8-9-22(29)26-23-21(7-4-12-24-23)17-28-13-10-19-5-2-3-6-20(19)11-14-28/h2-7,12,15-16H,8-11,13-14,17H2,1H3,(H,24,26,29). The highest BCUT2D eigenvalue weighted by Crippen LogP contribution is 2.20. The van der Waals surface area contributed by atoms with E-state index in [9.17, 15) is 4.79 Å². The van der Waals surface area contributed by atoms with Crippen LogP contribution < -0.4 is 5.32 Å². The number of hydrogen-bond acceptors (Lipinski definition) is 4. The van der Waals surface area contributed by atoms with Gasteiger partial charge in [-0.1, -0.05) is 30.3 Å². The van der Waals surface area contributed by atoms with Gasteiger partial charge in [0.25, 0.3) is 0 Å². The van der Waals surface area contributed by atoms with Crippen LogP contribution in [0.3, 0.4) is 0 Å². The molecule has 1 aliphatic heterocycles. The fraction of sp³-hybridized carbons (Fsp3) is 0.348. The van der Waals surface area contributed by atoms with Gasteiger partial charge in [-0.05, 0) is 42.0 Å². The summed E-state index contributed by atoms with van der Waals surface area (Å²) in [5.41, 5.74) is 5.02. The number of amides is 1. The van der Waals surface area contributed by atoms with Crippen molar-refractivity contribution in [2.45, 2.75) is 32.2 Å². The summed E-state index contributed by atoms with van der Waals surface area (Å²) >= 11 is 0. The monoisotopic (exact) mass is 389 g/mol. The molecule has 29 heavy (non-hydrogen) atoms. The van der Waals surface area contributed by atoms with Gasteiger partial charge < -0.3 is 5.32 Å². The predicted octanol–water partition coefficient (Wildman–Crippen LogP) is 2.99. The molecule has 1 aromatic carbocycles. The molecular formula is C23H27N5O. The molecule has 0 radical (unpaired) electrons. The van der Waals surface area contributed by atoms with E-state index in [4.69, 9.17) is 0 Å². The van der Waals surface area contributed by atoms with E-state index >= 15 is 0 Å². The maximum absolute atomic E-state index is 12.4. The summed E-state index contributed by atoms with van der Waals surface area (Å²) in [5, 5.41) is 7.15. The van der Waals surface area contributed by atoms with Gasteiger partial charge in [-0.3, -0.25) is 14.4 Å². The van der Waals surface area contributed by atoms with E-state index in [1.54, 1.807) is 17.1 Å². The summed E-state index contributed by atoms with van der Waals surface area (Å²) < 4.78 is 1.75. The number of aryl methyl sites for hydroxylation is 2. The van der Waals surface area contributed by atoms with Crippen LogP contribution in [0.2, 0.25) is 0 Å². The van der Waals surface area contributed by atoms with Crippen LogP contribution in [0, 0.1) is 0 Å². The Balaban J connectivity index is 1.36. The van der Waals surface area contributed by atoms with Crippen molar-refractivity contribution in [1.82, 2.24) is 19.7 Å². The third-order valence-corrected chi connectivity index (χ3v) is 5.46. The SMILES string of the molecule is Cn1cc(CCC(=O)Nc2ncccc2CN2CCc3ccccc3CC2)cn1. The summed E-state index contributed by atoms with van der Waals surface area (Å²) in [5.74, 6) is 0.655. The summed E-state index contributed by atoms with van der Waals surface area (Å²) in [6.07, 6.45) is 8.69. The first kappa shape index (κ1) is 19.3. The largest absolute Gasteiger partial charge is 0.310 e. The first-order valence-electron chi connectivity index (χ1n) is 10.2. The number of carbonyl (C=O) groups excluding carboxylic acids is 1. The van der Waals surface area contributed by atoms with Gasteiger partial charge in [-0.25, -0.2) is 4.98 Å². The lowest BCUT2D eigenvalue weighted by molar-refractivity contribution is -0.116. The van der Waals surface area contributed by atoms with Gasteiger partial charge in [0.1, 0.15) is 5.82 Å². The molecule has 150 valence electrons. The molecule has 3 aromatic rings.